The first-order valence-electron chi connectivity index (χ1n) is 4.27. The fourth-order valence-corrected chi connectivity index (χ4v) is 1.77. The Morgan fingerprint density at radius 2 is 2.15 bits per heavy atom. The maximum absolute atomic E-state index is 11.9. The van der Waals surface area contributed by atoms with Crippen molar-refractivity contribution < 1.29 is 4.79 Å². The highest BCUT2D eigenvalue weighted by Crippen LogP contribution is 2.20. The molecule has 0 aliphatic rings. The van der Waals surface area contributed by atoms with Crippen LogP contribution in [0.1, 0.15) is 29.1 Å². The van der Waals surface area contributed by atoms with E-state index in [-0.39, 0.29) is 5.78 Å². The van der Waals surface area contributed by atoms with E-state index in [0.717, 1.165) is 10.4 Å². The molecular formula is C10H15NOS. The second-order valence-electron chi connectivity index (χ2n) is 3.59. The first kappa shape index (κ1) is 10.4. The summed E-state index contributed by atoms with van der Waals surface area (Å²) in [6.45, 7) is 5.77. The van der Waals surface area contributed by atoms with E-state index in [1.54, 1.807) is 18.4 Å². The van der Waals surface area contributed by atoms with Crippen molar-refractivity contribution in [3.8, 4) is 0 Å². The SMILES string of the molecule is CNC(C)(C)C(=O)c1ccsc1C. The Balaban J connectivity index is 2.98. The van der Waals surface area contributed by atoms with E-state index >= 15 is 0 Å². The summed E-state index contributed by atoms with van der Waals surface area (Å²) in [5.41, 5.74) is 0.371. The summed E-state index contributed by atoms with van der Waals surface area (Å²) in [6.07, 6.45) is 0. The van der Waals surface area contributed by atoms with Crippen LogP contribution in [0.4, 0.5) is 0 Å². The van der Waals surface area contributed by atoms with Gasteiger partial charge in [0.15, 0.2) is 5.78 Å². The summed E-state index contributed by atoms with van der Waals surface area (Å²) < 4.78 is 0. The maximum Gasteiger partial charge on any atom is 0.183 e. The number of nitrogens with one attached hydrogen (secondary N) is 1. The maximum atomic E-state index is 11.9. The van der Waals surface area contributed by atoms with Gasteiger partial charge in [0, 0.05) is 10.4 Å². The third-order valence-electron chi connectivity index (χ3n) is 2.30. The number of aryl methyl sites for hydroxylation is 1. The van der Waals surface area contributed by atoms with Crippen LogP contribution in [0.15, 0.2) is 11.4 Å². The molecule has 0 aliphatic heterocycles. The van der Waals surface area contributed by atoms with Crippen LogP contribution in [0, 0.1) is 6.92 Å². The Morgan fingerprint density at radius 1 is 1.54 bits per heavy atom. The first-order chi connectivity index (χ1) is 5.99. The Kier molecular flexibility index (Phi) is 2.88. The summed E-state index contributed by atoms with van der Waals surface area (Å²) in [5, 5.41) is 4.96. The van der Waals surface area contributed by atoms with Crippen molar-refractivity contribution in [3.63, 3.8) is 0 Å². The van der Waals surface area contributed by atoms with Crippen molar-refractivity contribution in [2.75, 3.05) is 7.05 Å². The van der Waals surface area contributed by atoms with E-state index in [1.807, 2.05) is 32.2 Å². The van der Waals surface area contributed by atoms with Gasteiger partial charge in [-0.05, 0) is 39.3 Å². The molecule has 0 aromatic carbocycles. The fourth-order valence-electron chi connectivity index (χ4n) is 1.07. The number of Topliss-reactive ketones (excluding diaryl/α,β-unsaturated/α-hetero) is 1. The smallest absolute Gasteiger partial charge is 0.183 e. The van der Waals surface area contributed by atoms with Crippen LogP contribution >= 0.6 is 11.3 Å². The number of thiophene rings is 1. The molecule has 0 radical (unpaired) electrons. The zero-order chi connectivity index (χ0) is 10.1. The molecule has 1 aromatic rings. The van der Waals surface area contributed by atoms with Crippen LogP contribution in [-0.2, 0) is 0 Å². The molecule has 0 aliphatic carbocycles. The third-order valence-corrected chi connectivity index (χ3v) is 3.14. The van der Waals surface area contributed by atoms with Gasteiger partial charge in [0.2, 0.25) is 0 Å². The number of hydrogen-bond donors (Lipinski definition) is 1. The number of carbonyl (C=O) groups is 1. The minimum atomic E-state index is -0.466. The van der Waals surface area contributed by atoms with Crippen LogP contribution < -0.4 is 5.32 Å². The zero-order valence-electron chi connectivity index (χ0n) is 8.47. The lowest BCUT2D eigenvalue weighted by atomic mass is 9.94. The molecule has 0 saturated heterocycles. The molecular weight excluding hydrogens is 182 g/mol. The molecule has 1 rings (SSSR count). The number of hydrogen-bond acceptors (Lipinski definition) is 3. The molecule has 1 heterocycles. The van der Waals surface area contributed by atoms with E-state index in [0.29, 0.717) is 0 Å². The Bertz CT molecular complexity index is 314. The molecule has 2 nitrogen and oxygen atoms in total. The zero-order valence-corrected chi connectivity index (χ0v) is 9.29. The topological polar surface area (TPSA) is 29.1 Å². The average Bonchev–Trinajstić information content (AvgIpc) is 2.50. The average molecular weight is 197 g/mol. The van der Waals surface area contributed by atoms with Crippen LogP contribution in [0.3, 0.4) is 0 Å². The van der Waals surface area contributed by atoms with Gasteiger partial charge in [-0.2, -0.15) is 0 Å². The molecule has 0 amide bonds. The Labute approximate surface area is 83.0 Å². The van der Waals surface area contributed by atoms with Crippen molar-refractivity contribution in [3.05, 3.63) is 21.9 Å². The first-order valence-corrected chi connectivity index (χ1v) is 5.15. The molecule has 0 saturated carbocycles. The Hall–Kier alpha value is -0.670. The highest BCUT2D eigenvalue weighted by Gasteiger charge is 2.27. The lowest BCUT2D eigenvalue weighted by Gasteiger charge is -2.21. The van der Waals surface area contributed by atoms with E-state index < -0.39 is 5.54 Å². The number of rotatable bonds is 3. The van der Waals surface area contributed by atoms with Crippen LogP contribution in [0.25, 0.3) is 0 Å². The van der Waals surface area contributed by atoms with Crippen LogP contribution in [-0.4, -0.2) is 18.4 Å². The predicted molar refractivity (Wildman–Crippen MR) is 56.5 cm³/mol. The van der Waals surface area contributed by atoms with Gasteiger partial charge in [-0.1, -0.05) is 0 Å². The van der Waals surface area contributed by atoms with Gasteiger partial charge in [0.05, 0.1) is 5.54 Å². The highest BCUT2D eigenvalue weighted by molar-refractivity contribution is 7.10. The van der Waals surface area contributed by atoms with Crippen molar-refractivity contribution in [1.82, 2.24) is 5.32 Å². The largest absolute Gasteiger partial charge is 0.308 e. The number of likely N-dealkylation sites (N-methyl/N-ethyl adjacent to an activating group) is 1. The predicted octanol–water partition coefficient (Wildman–Crippen LogP) is 2.24. The van der Waals surface area contributed by atoms with Crippen molar-refractivity contribution in [2.24, 2.45) is 0 Å². The molecule has 0 unspecified atom stereocenters. The second kappa shape index (κ2) is 3.60. The molecule has 0 atom stereocenters. The summed E-state index contributed by atoms with van der Waals surface area (Å²) in [4.78, 5) is 13.0. The normalized spacial score (nSPS) is 11.7. The van der Waals surface area contributed by atoms with Gasteiger partial charge >= 0.3 is 0 Å². The molecule has 72 valence electrons. The van der Waals surface area contributed by atoms with Gasteiger partial charge in [0.1, 0.15) is 0 Å². The Morgan fingerprint density at radius 3 is 2.54 bits per heavy atom. The van der Waals surface area contributed by atoms with Crippen LogP contribution in [0.5, 0.6) is 0 Å². The summed E-state index contributed by atoms with van der Waals surface area (Å²) in [6, 6.07) is 1.89. The molecule has 1 aromatic heterocycles. The van der Waals surface area contributed by atoms with Gasteiger partial charge < -0.3 is 5.32 Å². The lowest BCUT2D eigenvalue weighted by Crippen LogP contribution is -2.44. The molecule has 3 heteroatoms. The van der Waals surface area contributed by atoms with Crippen molar-refractivity contribution in [1.29, 1.82) is 0 Å². The molecule has 13 heavy (non-hydrogen) atoms. The van der Waals surface area contributed by atoms with E-state index in [2.05, 4.69) is 5.32 Å². The lowest BCUT2D eigenvalue weighted by molar-refractivity contribution is 0.0889. The summed E-state index contributed by atoms with van der Waals surface area (Å²) in [5.74, 6) is 0.161. The molecule has 0 spiro atoms. The third kappa shape index (κ3) is 1.98. The summed E-state index contributed by atoms with van der Waals surface area (Å²) in [7, 11) is 1.81. The van der Waals surface area contributed by atoms with Crippen LogP contribution in [0.2, 0.25) is 0 Å². The van der Waals surface area contributed by atoms with Gasteiger partial charge in [0.25, 0.3) is 0 Å². The monoisotopic (exact) mass is 197 g/mol. The van der Waals surface area contributed by atoms with Crippen molar-refractivity contribution in [2.45, 2.75) is 26.3 Å². The number of carbonyl (C=O) groups excluding carboxylic acids is 1. The quantitative estimate of drug-likeness (QED) is 0.753. The van der Waals surface area contributed by atoms with Gasteiger partial charge in [-0.25, -0.2) is 0 Å². The number of ketones is 1. The summed E-state index contributed by atoms with van der Waals surface area (Å²) >= 11 is 1.61. The molecule has 0 fully saturated rings. The minimum Gasteiger partial charge on any atom is -0.308 e. The molecule has 0 bridgehead atoms. The van der Waals surface area contributed by atoms with Gasteiger partial charge in [-0.15, -0.1) is 11.3 Å². The van der Waals surface area contributed by atoms with E-state index in [4.69, 9.17) is 0 Å². The standard InChI is InChI=1S/C10H15NOS/c1-7-8(5-6-13-7)9(12)10(2,3)11-4/h5-6,11H,1-4H3. The highest BCUT2D eigenvalue weighted by atomic mass is 32.1. The second-order valence-corrected chi connectivity index (χ2v) is 4.71. The van der Waals surface area contributed by atoms with E-state index in [9.17, 15) is 4.79 Å². The van der Waals surface area contributed by atoms with Crippen molar-refractivity contribution >= 4 is 17.1 Å². The minimum absolute atomic E-state index is 0.161. The van der Waals surface area contributed by atoms with E-state index in [1.165, 1.54) is 0 Å². The molecule has 1 N–H and O–H groups in total. The van der Waals surface area contributed by atoms with Gasteiger partial charge in [-0.3, -0.25) is 4.79 Å². The fraction of sp³-hybridized carbons (Fsp3) is 0.500.